The molecule has 0 bridgehead atoms. The molecule has 6 heterocycles. The molecule has 4 N–H and O–H groups in total. The Morgan fingerprint density at radius 3 is 1.49 bits per heavy atom. The Hall–Kier alpha value is -7.59. The molecule has 2 aliphatic rings. The van der Waals surface area contributed by atoms with E-state index in [4.69, 9.17) is 26.2 Å². The number of benzene rings is 2. The Bertz CT molecular complexity index is 3090. The van der Waals surface area contributed by atoms with Gasteiger partial charge in [0.2, 0.25) is 0 Å². The zero-order chi connectivity index (χ0) is 54.5. The SMILES string of the molecule is C#C[C@@H](C)O.Cc1ccc(NC(=O)c2ccnc(C(F)(F)F)c2)cc1-c1cc(C#C[C@@H](C)O)nc(N2CCOCC2)c1.Cc1ccc(NC(=O)c2ccnc(C(F)(F)F)c2)cc1-c1cc(Cl)nc(N2CCOCC2)c1. The monoisotopic (exact) mass is 1060 g/mol. The lowest BCUT2D eigenvalue weighted by Gasteiger charge is -2.28. The molecule has 0 aliphatic carbocycles. The molecule has 0 spiro atoms. The van der Waals surface area contributed by atoms with E-state index >= 15 is 0 Å². The van der Waals surface area contributed by atoms with Crippen LogP contribution in [0.5, 0.6) is 0 Å². The van der Waals surface area contributed by atoms with Gasteiger partial charge in [0.15, 0.2) is 0 Å². The quantitative estimate of drug-likeness (QED) is 0.0647. The van der Waals surface area contributed by atoms with Crippen LogP contribution in [0.2, 0.25) is 5.15 Å². The smallest absolute Gasteiger partial charge is 0.381 e. The summed E-state index contributed by atoms with van der Waals surface area (Å²) in [7, 11) is 0. The average Bonchev–Trinajstić information content (AvgIpc) is 3.39. The first-order valence-electron chi connectivity index (χ1n) is 23.2. The van der Waals surface area contributed by atoms with E-state index in [1.165, 1.54) is 12.1 Å². The zero-order valence-electron chi connectivity index (χ0n) is 41.0. The summed E-state index contributed by atoms with van der Waals surface area (Å²) in [6.45, 7) is 12.0. The van der Waals surface area contributed by atoms with Crippen molar-refractivity contribution in [3.8, 4) is 46.4 Å². The number of hydrogen-bond donors (Lipinski definition) is 4. The summed E-state index contributed by atoms with van der Waals surface area (Å²) in [5.41, 5.74) is 3.84. The van der Waals surface area contributed by atoms with Crippen molar-refractivity contribution in [1.29, 1.82) is 0 Å². The molecule has 8 rings (SSSR count). The van der Waals surface area contributed by atoms with Gasteiger partial charge in [-0.15, -0.1) is 6.42 Å². The normalized spacial score (nSPS) is 14.3. The van der Waals surface area contributed by atoms with E-state index in [-0.39, 0.29) is 11.1 Å². The minimum Gasteiger partial charge on any atom is -0.381 e. The van der Waals surface area contributed by atoms with Gasteiger partial charge in [-0.1, -0.05) is 35.6 Å². The third-order valence-electron chi connectivity index (χ3n) is 11.2. The van der Waals surface area contributed by atoms with Crippen LogP contribution in [0, 0.1) is 38.0 Å². The second kappa shape index (κ2) is 25.6. The average molecular weight is 1060 g/mol. The summed E-state index contributed by atoms with van der Waals surface area (Å²) < 4.78 is 88.6. The number of anilines is 4. The molecule has 2 atom stereocenters. The number of nitrogens with one attached hydrogen (secondary N) is 2. The summed E-state index contributed by atoms with van der Waals surface area (Å²) in [6, 6.07) is 21.8. The second-order valence-corrected chi connectivity index (χ2v) is 17.3. The molecule has 2 aromatic carbocycles. The number of amides is 2. The predicted molar refractivity (Wildman–Crippen MR) is 273 cm³/mol. The van der Waals surface area contributed by atoms with Gasteiger partial charge in [0.05, 0.1) is 26.4 Å². The Labute approximate surface area is 434 Å². The van der Waals surface area contributed by atoms with Crippen molar-refractivity contribution in [1.82, 2.24) is 19.9 Å². The summed E-state index contributed by atoms with van der Waals surface area (Å²) in [4.78, 5) is 45.1. The minimum atomic E-state index is -4.65. The number of morpholine rings is 2. The summed E-state index contributed by atoms with van der Waals surface area (Å²) in [6.07, 6.45) is -4.10. The van der Waals surface area contributed by atoms with Crippen molar-refractivity contribution in [2.24, 2.45) is 0 Å². The number of aliphatic hydroxyl groups excluding tert-OH is 2. The van der Waals surface area contributed by atoms with Gasteiger partial charge >= 0.3 is 12.4 Å². The molecule has 75 heavy (non-hydrogen) atoms. The Morgan fingerprint density at radius 1 is 0.653 bits per heavy atom. The van der Waals surface area contributed by atoms with Crippen LogP contribution in [0.4, 0.5) is 49.4 Å². The van der Waals surface area contributed by atoms with E-state index in [0.29, 0.717) is 80.6 Å². The molecule has 0 unspecified atom stereocenters. The minimum absolute atomic E-state index is 0.138. The molecular formula is C54H51ClF6N8O6. The van der Waals surface area contributed by atoms with Crippen molar-refractivity contribution in [3.05, 3.63) is 142 Å². The molecule has 4 aromatic heterocycles. The molecule has 6 aromatic rings. The van der Waals surface area contributed by atoms with E-state index < -0.39 is 47.8 Å². The lowest BCUT2D eigenvalue weighted by atomic mass is 9.99. The van der Waals surface area contributed by atoms with Crippen LogP contribution in [-0.2, 0) is 21.8 Å². The first kappa shape index (κ1) is 56.7. The lowest BCUT2D eigenvalue weighted by molar-refractivity contribution is -0.142. The highest BCUT2D eigenvalue weighted by atomic mass is 35.5. The Morgan fingerprint density at radius 2 is 1.08 bits per heavy atom. The molecule has 2 aliphatic heterocycles. The van der Waals surface area contributed by atoms with Crippen LogP contribution in [-0.4, -0.2) is 107 Å². The molecule has 2 fully saturated rings. The number of aliphatic hydroxyl groups is 2. The first-order chi connectivity index (χ1) is 35.6. The maximum absolute atomic E-state index is 13.0. The molecule has 0 radical (unpaired) electrons. The van der Waals surface area contributed by atoms with Crippen molar-refractivity contribution in [2.75, 3.05) is 73.0 Å². The fraction of sp³-hybridized carbons (Fsp3) is 0.296. The fourth-order valence-electron chi connectivity index (χ4n) is 7.34. The van der Waals surface area contributed by atoms with E-state index in [2.05, 4.69) is 64.6 Å². The molecule has 2 amide bonds. The van der Waals surface area contributed by atoms with Crippen molar-refractivity contribution in [2.45, 2.75) is 52.3 Å². The van der Waals surface area contributed by atoms with Crippen LogP contribution in [0.3, 0.4) is 0 Å². The number of terminal acetylenes is 1. The van der Waals surface area contributed by atoms with Crippen LogP contribution >= 0.6 is 11.6 Å². The number of ether oxygens (including phenoxy) is 2. The third kappa shape index (κ3) is 16.5. The molecule has 2 saturated heterocycles. The number of aryl methyl sites for hydroxylation is 2. The maximum Gasteiger partial charge on any atom is 0.433 e. The standard InChI is InChI=1S/C27H25F3N4O3.C23H20ClF3N4O2.C4H6O/c1-17-3-5-22(33-26(36)19-7-8-31-24(14-19)27(28,29)30)16-23(17)20-13-21(6-4-18(2)35)32-25(15-20)34-9-11-37-12-10-34;1-14-2-3-17(29-22(32)15-4-5-28-19(10-15)23(25,26)27)13-18(14)16-11-20(24)30-21(12-16)31-6-8-33-9-7-31;1-3-4(2)5/h3,5,7-8,13-16,18,35H,9-12H2,1-2H3,(H,33,36);2-5,10-13H,6-9H2,1H3,(H,29,32);1,4-5H,2H3/t18-;;4-/m1.1/s1. The lowest BCUT2D eigenvalue weighted by Crippen LogP contribution is -2.36. The van der Waals surface area contributed by atoms with Crippen LogP contribution in [0.1, 0.15) is 62.8 Å². The van der Waals surface area contributed by atoms with Crippen molar-refractivity contribution in [3.63, 3.8) is 0 Å². The Kier molecular flexibility index (Phi) is 19.3. The van der Waals surface area contributed by atoms with Gasteiger partial charge in [0.25, 0.3) is 11.8 Å². The fourth-order valence-corrected chi connectivity index (χ4v) is 7.55. The number of carbonyl (C=O) groups is 2. The van der Waals surface area contributed by atoms with E-state index in [1.807, 2.05) is 38.1 Å². The van der Waals surface area contributed by atoms with Gasteiger partial charge in [-0.05, 0) is 140 Å². The summed E-state index contributed by atoms with van der Waals surface area (Å²) >= 11 is 6.29. The highest BCUT2D eigenvalue weighted by molar-refractivity contribution is 6.29. The highest BCUT2D eigenvalue weighted by Crippen LogP contribution is 2.34. The van der Waals surface area contributed by atoms with E-state index in [0.717, 1.165) is 63.7 Å². The summed E-state index contributed by atoms with van der Waals surface area (Å²) in [5.74, 6) is 7.78. The third-order valence-corrected chi connectivity index (χ3v) is 11.3. The Balaban J connectivity index is 0.000000225. The van der Waals surface area contributed by atoms with Gasteiger partial charge in [-0.3, -0.25) is 19.6 Å². The molecule has 392 valence electrons. The van der Waals surface area contributed by atoms with Crippen LogP contribution in [0.15, 0.2) is 97.3 Å². The van der Waals surface area contributed by atoms with Crippen molar-refractivity contribution < 1.29 is 55.6 Å². The molecule has 21 heteroatoms. The van der Waals surface area contributed by atoms with Crippen LogP contribution < -0.4 is 20.4 Å². The van der Waals surface area contributed by atoms with Gasteiger partial charge in [0.1, 0.15) is 46.1 Å². The van der Waals surface area contributed by atoms with E-state index in [1.54, 1.807) is 50.2 Å². The molecular weight excluding hydrogens is 1010 g/mol. The number of halogens is 7. The number of pyridine rings is 4. The van der Waals surface area contributed by atoms with Gasteiger partial charge in [-0.25, -0.2) is 9.97 Å². The zero-order valence-corrected chi connectivity index (χ0v) is 41.7. The number of nitrogens with zero attached hydrogens (tertiary/aromatic N) is 6. The number of aromatic nitrogens is 4. The van der Waals surface area contributed by atoms with E-state index in [9.17, 15) is 41.0 Å². The number of hydrogen-bond acceptors (Lipinski definition) is 12. The first-order valence-corrected chi connectivity index (χ1v) is 23.6. The second-order valence-electron chi connectivity index (χ2n) is 16.9. The number of rotatable bonds is 8. The summed E-state index contributed by atoms with van der Waals surface area (Å²) in [5, 5.41) is 23.4. The molecule has 14 nitrogen and oxygen atoms in total. The number of alkyl halides is 6. The predicted octanol–water partition coefficient (Wildman–Crippen LogP) is 9.51. The van der Waals surface area contributed by atoms with Crippen molar-refractivity contribution >= 4 is 46.4 Å². The largest absolute Gasteiger partial charge is 0.433 e. The van der Waals surface area contributed by atoms with Gasteiger partial charge < -0.3 is 40.1 Å². The van der Waals surface area contributed by atoms with Gasteiger partial charge in [0, 0.05) is 61.1 Å². The topological polar surface area (TPSA) is 175 Å². The van der Waals surface area contributed by atoms with Crippen LogP contribution in [0.25, 0.3) is 22.3 Å². The molecule has 0 saturated carbocycles. The maximum atomic E-state index is 13.0. The number of carbonyl (C=O) groups excluding carboxylic acids is 2. The highest BCUT2D eigenvalue weighted by Gasteiger charge is 2.34. The van der Waals surface area contributed by atoms with Gasteiger partial charge in [-0.2, -0.15) is 26.3 Å².